The van der Waals surface area contributed by atoms with E-state index in [1.54, 1.807) is 4.90 Å². The molecule has 1 atom stereocenters. The highest BCUT2D eigenvalue weighted by Gasteiger charge is 2.41. The third-order valence-electron chi connectivity index (χ3n) is 3.86. The molecule has 2 saturated heterocycles. The largest absolute Gasteiger partial charge is 0.360 e. The quantitative estimate of drug-likeness (QED) is 0.505. The Balaban J connectivity index is 2.00. The van der Waals surface area contributed by atoms with E-state index in [-0.39, 0.29) is 5.91 Å². The van der Waals surface area contributed by atoms with Crippen molar-refractivity contribution in [2.75, 3.05) is 39.8 Å². The molecule has 2 rings (SSSR count). The molecule has 0 aromatic carbocycles. The van der Waals surface area contributed by atoms with E-state index in [4.69, 9.17) is 4.74 Å². The molecule has 1 unspecified atom stereocenters. The van der Waals surface area contributed by atoms with Gasteiger partial charge in [0.2, 0.25) is 6.41 Å². The minimum atomic E-state index is -0.433. The maximum absolute atomic E-state index is 12.4. The number of carbonyl (C=O) groups is 2. The van der Waals surface area contributed by atoms with Crippen molar-refractivity contribution in [3.63, 3.8) is 0 Å². The molecule has 5 heteroatoms. The van der Waals surface area contributed by atoms with Gasteiger partial charge in [-0.2, -0.15) is 0 Å². The van der Waals surface area contributed by atoms with Crippen LogP contribution in [0.5, 0.6) is 0 Å². The maximum atomic E-state index is 12.4. The zero-order valence-corrected chi connectivity index (χ0v) is 10.4. The number of hydrogen-bond donors (Lipinski definition) is 0. The highest BCUT2D eigenvalue weighted by molar-refractivity contribution is 5.75. The second-order valence-corrected chi connectivity index (χ2v) is 5.20. The molecular formula is C12H21N2O3+. The number of quaternary nitrogens is 1. The second kappa shape index (κ2) is 5.14. The normalized spacial score (nSPS) is 28.8. The standard InChI is InChI=1S/C12H21N2O3/c1-14(6-3-2-4-7-14)12(16)11-9-13(10-15)5-8-17-11/h10-11H,2-9H2,1H3/q+1. The number of amides is 2. The van der Waals surface area contributed by atoms with Crippen LogP contribution in [0, 0.1) is 0 Å². The molecule has 96 valence electrons. The fourth-order valence-electron chi connectivity index (χ4n) is 2.69. The Kier molecular flexibility index (Phi) is 3.79. The Morgan fingerprint density at radius 1 is 1.35 bits per heavy atom. The van der Waals surface area contributed by atoms with E-state index in [0.717, 1.165) is 32.3 Å². The third kappa shape index (κ3) is 2.66. The Morgan fingerprint density at radius 2 is 2.06 bits per heavy atom. The summed E-state index contributed by atoms with van der Waals surface area (Å²) in [6.45, 7) is 3.28. The van der Waals surface area contributed by atoms with Gasteiger partial charge in [0.05, 0.1) is 33.3 Å². The lowest BCUT2D eigenvalue weighted by molar-refractivity contribution is -0.841. The number of nitrogens with zero attached hydrogens (tertiary/aromatic N) is 2. The second-order valence-electron chi connectivity index (χ2n) is 5.20. The van der Waals surface area contributed by atoms with Crippen molar-refractivity contribution in [1.29, 1.82) is 0 Å². The van der Waals surface area contributed by atoms with E-state index in [1.165, 1.54) is 6.42 Å². The van der Waals surface area contributed by atoms with Crippen molar-refractivity contribution in [3.05, 3.63) is 0 Å². The number of ether oxygens (including phenoxy) is 1. The molecule has 2 amide bonds. The summed E-state index contributed by atoms with van der Waals surface area (Å²) in [6, 6.07) is 0. The Labute approximate surface area is 102 Å². The van der Waals surface area contributed by atoms with Crippen molar-refractivity contribution in [1.82, 2.24) is 4.90 Å². The molecule has 2 heterocycles. The van der Waals surface area contributed by atoms with Gasteiger partial charge in [0.1, 0.15) is 0 Å². The van der Waals surface area contributed by atoms with Crippen LogP contribution in [0.15, 0.2) is 0 Å². The smallest absolute Gasteiger partial charge is 0.344 e. The predicted octanol–water partition coefficient (Wildman–Crippen LogP) is 0.000700. The lowest BCUT2D eigenvalue weighted by Gasteiger charge is -2.39. The van der Waals surface area contributed by atoms with Crippen molar-refractivity contribution in [3.8, 4) is 0 Å². The Bertz CT molecular complexity index is 300. The summed E-state index contributed by atoms with van der Waals surface area (Å²) in [7, 11) is 1.99. The molecule has 0 aromatic heterocycles. The van der Waals surface area contributed by atoms with Crippen molar-refractivity contribution >= 4 is 12.3 Å². The van der Waals surface area contributed by atoms with Gasteiger partial charge in [0.25, 0.3) is 0 Å². The SMILES string of the molecule is C[N+]1(C(=O)C2CN(C=O)CCO2)CCCCC1. The van der Waals surface area contributed by atoms with Gasteiger partial charge in [-0.15, -0.1) is 0 Å². The maximum Gasteiger partial charge on any atom is 0.344 e. The number of piperidine rings is 1. The topological polar surface area (TPSA) is 46.6 Å². The molecule has 0 saturated carbocycles. The van der Waals surface area contributed by atoms with E-state index >= 15 is 0 Å². The summed E-state index contributed by atoms with van der Waals surface area (Å²) < 4.78 is 5.99. The van der Waals surface area contributed by atoms with Crippen LogP contribution in [0.25, 0.3) is 0 Å². The minimum Gasteiger partial charge on any atom is -0.360 e. The molecule has 2 aliphatic rings. The van der Waals surface area contributed by atoms with E-state index < -0.39 is 6.10 Å². The first kappa shape index (κ1) is 12.5. The summed E-state index contributed by atoms with van der Waals surface area (Å²) in [6.07, 6.45) is 3.79. The lowest BCUT2D eigenvalue weighted by Crippen LogP contribution is -2.60. The van der Waals surface area contributed by atoms with E-state index in [2.05, 4.69) is 0 Å². The molecule has 0 spiro atoms. The molecule has 0 aliphatic carbocycles. The van der Waals surface area contributed by atoms with Crippen LogP contribution in [0.2, 0.25) is 0 Å². The fraction of sp³-hybridized carbons (Fsp3) is 0.833. The number of likely N-dealkylation sites (tertiary alicyclic amines) is 1. The summed E-state index contributed by atoms with van der Waals surface area (Å²) >= 11 is 0. The molecule has 0 aromatic rings. The molecule has 2 aliphatic heterocycles. The van der Waals surface area contributed by atoms with Crippen LogP contribution in [0.3, 0.4) is 0 Å². The lowest BCUT2D eigenvalue weighted by atomic mass is 10.1. The number of morpholine rings is 1. The van der Waals surface area contributed by atoms with Crippen LogP contribution in [-0.2, 0) is 14.3 Å². The number of rotatable bonds is 2. The fourth-order valence-corrected chi connectivity index (χ4v) is 2.69. The molecule has 0 radical (unpaired) electrons. The zero-order chi connectivity index (χ0) is 12.3. The van der Waals surface area contributed by atoms with Crippen molar-refractivity contribution in [2.24, 2.45) is 0 Å². The highest BCUT2D eigenvalue weighted by Crippen LogP contribution is 2.20. The average Bonchev–Trinajstić information content (AvgIpc) is 2.39. The van der Waals surface area contributed by atoms with Gasteiger partial charge < -0.3 is 9.64 Å². The zero-order valence-electron chi connectivity index (χ0n) is 10.4. The summed E-state index contributed by atoms with van der Waals surface area (Å²) in [5, 5.41) is 0. The van der Waals surface area contributed by atoms with E-state index in [9.17, 15) is 9.59 Å². The van der Waals surface area contributed by atoms with Gasteiger partial charge in [0, 0.05) is 6.54 Å². The van der Waals surface area contributed by atoms with E-state index in [0.29, 0.717) is 24.2 Å². The van der Waals surface area contributed by atoms with Gasteiger partial charge in [0.15, 0.2) is 6.10 Å². The van der Waals surface area contributed by atoms with Gasteiger partial charge in [-0.05, 0) is 19.3 Å². The summed E-state index contributed by atoms with van der Waals surface area (Å²) in [5.41, 5.74) is 0. The number of carbonyl (C=O) groups excluding carboxylic acids is 2. The number of likely N-dealkylation sites (N-methyl/N-ethyl adjacent to an activating group) is 1. The molecule has 0 N–H and O–H groups in total. The highest BCUT2D eigenvalue weighted by atomic mass is 16.5. The molecule has 5 nitrogen and oxygen atoms in total. The van der Waals surface area contributed by atoms with Gasteiger partial charge >= 0.3 is 5.91 Å². The summed E-state index contributed by atoms with van der Waals surface area (Å²) in [5.74, 6) is 0.135. The summed E-state index contributed by atoms with van der Waals surface area (Å²) in [4.78, 5) is 24.8. The van der Waals surface area contributed by atoms with Gasteiger partial charge in [-0.1, -0.05) is 0 Å². The van der Waals surface area contributed by atoms with E-state index in [1.807, 2.05) is 7.05 Å². The van der Waals surface area contributed by atoms with Crippen molar-refractivity contribution in [2.45, 2.75) is 25.4 Å². The predicted molar refractivity (Wildman–Crippen MR) is 62.2 cm³/mol. The molecular weight excluding hydrogens is 220 g/mol. The number of hydrogen-bond acceptors (Lipinski definition) is 3. The average molecular weight is 241 g/mol. The first-order chi connectivity index (χ1) is 8.15. The first-order valence-electron chi connectivity index (χ1n) is 6.36. The van der Waals surface area contributed by atoms with Crippen LogP contribution < -0.4 is 0 Å². The van der Waals surface area contributed by atoms with Gasteiger partial charge in [-0.3, -0.25) is 9.28 Å². The molecule has 2 fully saturated rings. The van der Waals surface area contributed by atoms with Crippen LogP contribution >= 0.6 is 0 Å². The van der Waals surface area contributed by atoms with Gasteiger partial charge in [-0.25, -0.2) is 4.79 Å². The Morgan fingerprint density at radius 3 is 2.71 bits per heavy atom. The van der Waals surface area contributed by atoms with Crippen LogP contribution in [-0.4, -0.2) is 67.6 Å². The first-order valence-corrected chi connectivity index (χ1v) is 6.36. The third-order valence-corrected chi connectivity index (χ3v) is 3.86. The monoisotopic (exact) mass is 241 g/mol. The minimum absolute atomic E-state index is 0.135. The Hall–Kier alpha value is -0.940. The van der Waals surface area contributed by atoms with Crippen LogP contribution in [0.4, 0.5) is 0 Å². The molecule has 0 bridgehead atoms. The molecule has 17 heavy (non-hydrogen) atoms. The van der Waals surface area contributed by atoms with Crippen LogP contribution in [0.1, 0.15) is 19.3 Å². The van der Waals surface area contributed by atoms with Crippen molar-refractivity contribution < 1.29 is 18.8 Å².